The molecule has 1 fully saturated rings. The van der Waals surface area contributed by atoms with E-state index < -0.39 is 44.4 Å². The Labute approximate surface area is 341 Å². The summed E-state index contributed by atoms with van der Waals surface area (Å²) in [5.41, 5.74) is 5.05. The smallest absolute Gasteiger partial charge is 0.472 e. The first-order valence-electron chi connectivity index (χ1n) is 20.9. The number of nitrogens with zero attached hydrogens (tertiary/aromatic N) is 5. The summed E-state index contributed by atoms with van der Waals surface area (Å²) >= 11 is 0. The third kappa shape index (κ3) is 12.9. The van der Waals surface area contributed by atoms with E-state index in [4.69, 9.17) is 29.0 Å². The van der Waals surface area contributed by atoms with Crippen LogP contribution in [0.5, 0.6) is 5.75 Å². The van der Waals surface area contributed by atoms with Gasteiger partial charge in [0.2, 0.25) is 5.60 Å². The van der Waals surface area contributed by atoms with Gasteiger partial charge in [-0.3, -0.25) is 14.0 Å². The summed E-state index contributed by atoms with van der Waals surface area (Å²) < 4.78 is 42.9. The number of para-hydroxylation sites is 1. The molecular weight excluding hydrogens is 763 g/mol. The summed E-state index contributed by atoms with van der Waals surface area (Å²) in [6, 6.07) is 14.3. The number of nitrogen functional groups attached to an aromatic ring is 1. The van der Waals surface area contributed by atoms with Gasteiger partial charge >= 0.3 is 7.82 Å². The number of hydrogen-bond donors (Lipinski definition) is 4. The number of ether oxygens (including phenoxy) is 3. The minimum Gasteiger partial charge on any atom is -0.484 e. The Morgan fingerprint density at radius 1 is 0.914 bits per heavy atom. The van der Waals surface area contributed by atoms with E-state index in [1.165, 1.54) is 100 Å². The molecule has 5 N–H and O–H groups in total. The molecule has 0 radical (unpaired) electrons. The molecule has 4 heterocycles. The molecule has 1 aliphatic rings. The lowest BCUT2D eigenvalue weighted by atomic mass is 9.92. The molecule has 0 spiro atoms. The lowest BCUT2D eigenvalue weighted by Gasteiger charge is -2.24. The summed E-state index contributed by atoms with van der Waals surface area (Å²) in [6.07, 6.45) is 17.6. The van der Waals surface area contributed by atoms with E-state index in [1.807, 2.05) is 36.4 Å². The Kier molecular flexibility index (Phi) is 18.1. The predicted octanol–water partition coefficient (Wildman–Crippen LogP) is 7.56. The first-order chi connectivity index (χ1) is 28.2. The van der Waals surface area contributed by atoms with Gasteiger partial charge in [-0.2, -0.15) is 10.4 Å². The molecule has 3 aromatic heterocycles. The molecule has 1 unspecified atom stereocenters. The van der Waals surface area contributed by atoms with E-state index in [1.54, 1.807) is 12.3 Å². The van der Waals surface area contributed by atoms with Crippen molar-refractivity contribution in [2.75, 3.05) is 32.2 Å². The molecule has 15 nitrogen and oxygen atoms in total. The number of fused-ring (bicyclic) bond motifs is 2. The fourth-order valence-corrected chi connectivity index (χ4v) is 8.09. The van der Waals surface area contributed by atoms with Crippen molar-refractivity contribution in [2.45, 2.75) is 140 Å². The van der Waals surface area contributed by atoms with Crippen molar-refractivity contribution in [1.29, 1.82) is 5.26 Å². The van der Waals surface area contributed by atoms with Crippen molar-refractivity contribution < 1.29 is 42.9 Å². The second-order valence-corrected chi connectivity index (χ2v) is 16.6. The molecule has 16 heteroatoms. The van der Waals surface area contributed by atoms with E-state index in [0.717, 1.165) is 30.2 Å². The largest absolute Gasteiger partial charge is 0.484 e. The Morgan fingerprint density at radius 2 is 1.57 bits per heavy atom. The number of hydrogen-bond acceptors (Lipinski definition) is 13. The van der Waals surface area contributed by atoms with Crippen LogP contribution in [0.25, 0.3) is 16.4 Å². The molecule has 1 aromatic carbocycles. The summed E-state index contributed by atoms with van der Waals surface area (Å²) in [7, 11) is -4.77. The maximum atomic E-state index is 13.1. The van der Waals surface area contributed by atoms with Crippen molar-refractivity contribution in [3.8, 4) is 11.8 Å². The van der Waals surface area contributed by atoms with Crippen LogP contribution in [-0.2, 0) is 28.7 Å². The minimum atomic E-state index is -4.77. The molecule has 58 heavy (non-hydrogen) atoms. The van der Waals surface area contributed by atoms with Gasteiger partial charge in [-0.1, -0.05) is 121 Å². The number of benzene rings is 1. The molecule has 1 aliphatic heterocycles. The molecule has 318 valence electrons. The quantitative estimate of drug-likeness (QED) is 0.0321. The highest BCUT2D eigenvalue weighted by molar-refractivity contribution is 7.47. The van der Waals surface area contributed by atoms with Crippen LogP contribution in [0.4, 0.5) is 5.82 Å². The maximum Gasteiger partial charge on any atom is 0.472 e. The van der Waals surface area contributed by atoms with Gasteiger partial charge in [0.25, 0.3) is 0 Å². The van der Waals surface area contributed by atoms with Crippen LogP contribution in [-0.4, -0.2) is 85.5 Å². The van der Waals surface area contributed by atoms with Crippen LogP contribution < -0.4 is 10.5 Å². The first kappa shape index (κ1) is 45.4. The molecule has 0 bridgehead atoms. The zero-order valence-corrected chi connectivity index (χ0v) is 34.6. The Morgan fingerprint density at radius 3 is 2.24 bits per heavy atom. The van der Waals surface area contributed by atoms with E-state index >= 15 is 0 Å². The number of aliphatic hydroxyl groups excluding tert-OH is 2. The Hall–Kier alpha value is -3.71. The minimum absolute atomic E-state index is 0.0756. The number of unbranched alkanes of at least 4 members (excludes halogenated alkanes) is 15. The zero-order chi connectivity index (χ0) is 41.2. The van der Waals surface area contributed by atoms with Crippen LogP contribution in [0.1, 0.15) is 115 Å². The normalized spacial score (nSPS) is 21.0. The third-order valence-electron chi connectivity index (χ3n) is 10.6. The molecule has 0 amide bonds. The number of nitrogens with two attached hydrogens (primary N) is 1. The molecule has 0 aliphatic carbocycles. The summed E-state index contributed by atoms with van der Waals surface area (Å²) in [6.45, 7) is 1.76. The second-order valence-electron chi connectivity index (χ2n) is 15.1. The Bertz CT molecular complexity index is 1930. The van der Waals surface area contributed by atoms with Crippen molar-refractivity contribution in [1.82, 2.24) is 19.6 Å². The number of aromatic nitrogens is 4. The summed E-state index contributed by atoms with van der Waals surface area (Å²) in [5.74, 6) is 0.562. The van der Waals surface area contributed by atoms with Crippen molar-refractivity contribution in [3.63, 3.8) is 0 Å². The fourth-order valence-electron chi connectivity index (χ4n) is 7.32. The van der Waals surface area contributed by atoms with Crippen LogP contribution in [0.2, 0.25) is 0 Å². The lowest BCUT2D eigenvalue weighted by molar-refractivity contribution is -0.0651. The number of nitriles is 1. The third-order valence-corrected chi connectivity index (χ3v) is 11.6. The molecule has 5 rings (SSSR count). The van der Waals surface area contributed by atoms with Crippen molar-refractivity contribution in [2.24, 2.45) is 0 Å². The van der Waals surface area contributed by atoms with Crippen LogP contribution in [0.3, 0.4) is 0 Å². The highest BCUT2D eigenvalue weighted by Gasteiger charge is 2.58. The summed E-state index contributed by atoms with van der Waals surface area (Å²) in [4.78, 5) is 19.0. The number of phosphoric acid groups is 1. The monoisotopic (exact) mass is 824 g/mol. The topological polar surface area (TPSA) is 217 Å². The van der Waals surface area contributed by atoms with Crippen molar-refractivity contribution in [3.05, 3.63) is 60.7 Å². The number of anilines is 1. The standard InChI is InChI=1S/C42H61N6O9P/c1-2-3-4-5-6-7-8-9-10-11-12-13-14-15-16-19-24-53-27-34(56-33-25-32-20-17-18-21-35(32)45-26-33)28-54-58(51,52)55-29-37-39(49)40(50)42(30-43,57-37)38-23-22-36-41(44)46-31-47-48(36)38/h17-18,20-23,25-26,31,34,37,39-40,49-50H,2-16,19,24,27-29H2,1H3,(H,51,52)(H2,44,46,47)/t34-,37-,39-,40-,42+/m1/s1. The molecule has 1 saturated heterocycles. The highest BCUT2D eigenvalue weighted by Crippen LogP contribution is 2.46. The van der Waals surface area contributed by atoms with Crippen LogP contribution >= 0.6 is 7.82 Å². The molecule has 4 aromatic rings. The fraction of sp³-hybridized carbons (Fsp3) is 0.619. The van der Waals surface area contributed by atoms with Gasteiger partial charge in [0, 0.05) is 12.0 Å². The van der Waals surface area contributed by atoms with Crippen molar-refractivity contribution >= 4 is 30.1 Å². The van der Waals surface area contributed by atoms with Gasteiger partial charge in [0.15, 0.2) is 5.82 Å². The average molecular weight is 825 g/mol. The maximum absolute atomic E-state index is 13.1. The number of pyridine rings is 1. The SMILES string of the molecule is CCCCCCCCCCCCCCCCCCOC[C@H](COP(=O)(O)OC[C@H]1O[C@@](C#N)(c2ccc3c(N)ncnn23)[C@H](O)[C@@H]1O)Oc1cnc2ccccc2c1. The average Bonchev–Trinajstić information content (AvgIpc) is 3.78. The number of aliphatic hydroxyl groups is 2. The molecule has 6 atom stereocenters. The summed E-state index contributed by atoms with van der Waals surface area (Å²) in [5, 5.41) is 37.0. The predicted molar refractivity (Wildman–Crippen MR) is 220 cm³/mol. The lowest BCUT2D eigenvalue weighted by Crippen LogP contribution is -2.41. The number of phosphoric ester groups is 1. The van der Waals surface area contributed by atoms with E-state index in [2.05, 4.69) is 22.0 Å². The van der Waals surface area contributed by atoms with Gasteiger partial charge in [0.05, 0.1) is 37.2 Å². The van der Waals surface area contributed by atoms with Gasteiger partial charge in [0.1, 0.15) is 48.1 Å². The molecule has 0 saturated carbocycles. The van der Waals surface area contributed by atoms with Gasteiger partial charge < -0.3 is 35.1 Å². The van der Waals surface area contributed by atoms with E-state index in [9.17, 15) is 24.9 Å². The zero-order valence-electron chi connectivity index (χ0n) is 33.7. The van der Waals surface area contributed by atoms with E-state index in [0.29, 0.717) is 17.9 Å². The number of rotatable bonds is 28. The second kappa shape index (κ2) is 23.2. The van der Waals surface area contributed by atoms with Gasteiger partial charge in [-0.05, 0) is 30.7 Å². The van der Waals surface area contributed by atoms with Crippen LogP contribution in [0, 0.1) is 11.3 Å². The van der Waals surface area contributed by atoms with Gasteiger partial charge in [-0.25, -0.2) is 14.1 Å². The van der Waals surface area contributed by atoms with Gasteiger partial charge in [-0.15, -0.1) is 0 Å². The first-order valence-corrected chi connectivity index (χ1v) is 22.4. The molecular formula is C42H61N6O9P. The highest BCUT2D eigenvalue weighted by atomic mass is 31.2. The van der Waals surface area contributed by atoms with E-state index in [-0.39, 0.29) is 24.7 Å². The van der Waals surface area contributed by atoms with Crippen LogP contribution in [0.15, 0.2) is 55.0 Å². The Balaban J connectivity index is 1.05.